The lowest BCUT2D eigenvalue weighted by molar-refractivity contribution is -0.127. The van der Waals surface area contributed by atoms with Gasteiger partial charge in [0, 0.05) is 0 Å². The predicted molar refractivity (Wildman–Crippen MR) is 96.2 cm³/mol. The molecule has 0 saturated carbocycles. The lowest BCUT2D eigenvalue weighted by atomic mass is 10.1. The van der Waals surface area contributed by atoms with E-state index in [1.165, 1.54) is 18.3 Å². The lowest BCUT2D eigenvalue weighted by Crippen LogP contribution is -2.33. The van der Waals surface area contributed by atoms with Crippen molar-refractivity contribution >= 4 is 22.9 Å². The van der Waals surface area contributed by atoms with Crippen LogP contribution in [0.2, 0.25) is 0 Å². The number of fused-ring (bicyclic) bond motifs is 1. The summed E-state index contributed by atoms with van der Waals surface area (Å²) in [5.74, 6) is -0.0750. The van der Waals surface area contributed by atoms with E-state index in [0.717, 1.165) is 10.8 Å². The summed E-state index contributed by atoms with van der Waals surface area (Å²) >= 11 is 0. The van der Waals surface area contributed by atoms with Crippen molar-refractivity contribution < 1.29 is 13.9 Å². The fourth-order valence-corrected chi connectivity index (χ4v) is 2.31. The Morgan fingerprint density at radius 3 is 2.56 bits per heavy atom. The van der Waals surface area contributed by atoms with E-state index in [0.29, 0.717) is 11.3 Å². The molecule has 0 bridgehead atoms. The monoisotopic (exact) mass is 336 g/mol. The van der Waals surface area contributed by atoms with E-state index in [1.807, 2.05) is 42.5 Å². The molecule has 0 aliphatic carbocycles. The summed E-state index contributed by atoms with van der Waals surface area (Å²) in [6.07, 6.45) is 0.742. The maximum atomic E-state index is 12.8. The van der Waals surface area contributed by atoms with Crippen LogP contribution < -0.4 is 10.2 Å². The molecule has 0 fully saturated rings. The van der Waals surface area contributed by atoms with Crippen molar-refractivity contribution in [3.8, 4) is 5.75 Å². The summed E-state index contributed by atoms with van der Waals surface area (Å²) in [5, 5.41) is 6.01. The second-order valence-electron chi connectivity index (χ2n) is 5.55. The van der Waals surface area contributed by atoms with Gasteiger partial charge in [-0.3, -0.25) is 4.79 Å². The SMILES string of the molecule is CC(Oc1ccc2ccccc2c1)C(=O)NN=Cc1ccc(F)cc1. The number of nitrogens with one attached hydrogen (secondary N) is 1. The van der Waals surface area contributed by atoms with Crippen LogP contribution in [0.15, 0.2) is 71.8 Å². The molecule has 4 nitrogen and oxygen atoms in total. The number of amides is 1. The van der Waals surface area contributed by atoms with Crippen molar-refractivity contribution in [2.45, 2.75) is 13.0 Å². The maximum Gasteiger partial charge on any atom is 0.280 e. The van der Waals surface area contributed by atoms with Crippen molar-refractivity contribution in [1.29, 1.82) is 0 Å². The second-order valence-corrected chi connectivity index (χ2v) is 5.55. The summed E-state index contributed by atoms with van der Waals surface area (Å²) in [6, 6.07) is 19.4. The third-order valence-corrected chi connectivity index (χ3v) is 3.66. The Labute approximate surface area is 144 Å². The number of hydrazone groups is 1. The molecule has 0 radical (unpaired) electrons. The van der Waals surface area contributed by atoms with Crippen molar-refractivity contribution in [2.75, 3.05) is 0 Å². The first kappa shape index (κ1) is 16.6. The Bertz CT molecular complexity index is 907. The van der Waals surface area contributed by atoms with Gasteiger partial charge in [0.05, 0.1) is 6.21 Å². The highest BCUT2D eigenvalue weighted by atomic mass is 19.1. The molecule has 3 aromatic rings. The van der Waals surface area contributed by atoms with Gasteiger partial charge < -0.3 is 4.74 Å². The molecule has 0 aliphatic rings. The van der Waals surface area contributed by atoms with Gasteiger partial charge in [0.2, 0.25) is 0 Å². The number of rotatable bonds is 5. The third kappa shape index (κ3) is 4.41. The van der Waals surface area contributed by atoms with E-state index >= 15 is 0 Å². The number of halogens is 1. The van der Waals surface area contributed by atoms with Gasteiger partial charge >= 0.3 is 0 Å². The van der Waals surface area contributed by atoms with Crippen LogP contribution in [0, 0.1) is 5.82 Å². The number of nitrogens with zero attached hydrogens (tertiary/aromatic N) is 1. The highest BCUT2D eigenvalue weighted by molar-refractivity contribution is 5.85. The summed E-state index contributed by atoms with van der Waals surface area (Å²) in [7, 11) is 0. The fourth-order valence-electron chi connectivity index (χ4n) is 2.31. The summed E-state index contributed by atoms with van der Waals surface area (Å²) < 4.78 is 18.5. The Hall–Kier alpha value is -3.21. The topological polar surface area (TPSA) is 50.7 Å². The van der Waals surface area contributed by atoms with Gasteiger partial charge in [0.1, 0.15) is 11.6 Å². The van der Waals surface area contributed by atoms with Crippen LogP contribution in [0.4, 0.5) is 4.39 Å². The molecule has 126 valence electrons. The van der Waals surface area contributed by atoms with Gasteiger partial charge in [0.15, 0.2) is 6.10 Å². The molecule has 3 rings (SSSR count). The molecule has 1 N–H and O–H groups in total. The quantitative estimate of drug-likeness (QED) is 0.567. The second kappa shape index (κ2) is 7.57. The van der Waals surface area contributed by atoms with E-state index in [2.05, 4.69) is 10.5 Å². The van der Waals surface area contributed by atoms with Gasteiger partial charge in [-0.05, 0) is 47.5 Å². The van der Waals surface area contributed by atoms with Crippen LogP contribution in [0.3, 0.4) is 0 Å². The van der Waals surface area contributed by atoms with Crippen molar-refractivity contribution in [2.24, 2.45) is 5.10 Å². The first-order valence-corrected chi connectivity index (χ1v) is 7.86. The van der Waals surface area contributed by atoms with Crippen LogP contribution in [-0.4, -0.2) is 18.2 Å². The van der Waals surface area contributed by atoms with Crippen LogP contribution in [0.1, 0.15) is 12.5 Å². The van der Waals surface area contributed by atoms with Crippen LogP contribution in [-0.2, 0) is 4.79 Å². The van der Waals surface area contributed by atoms with Crippen LogP contribution >= 0.6 is 0 Å². The van der Waals surface area contributed by atoms with Gasteiger partial charge in [0.25, 0.3) is 5.91 Å². The smallest absolute Gasteiger partial charge is 0.280 e. The van der Waals surface area contributed by atoms with Gasteiger partial charge in [-0.1, -0.05) is 42.5 Å². The molecular weight excluding hydrogens is 319 g/mol. The van der Waals surface area contributed by atoms with E-state index in [4.69, 9.17) is 4.74 Å². The standard InChI is InChI=1S/C20H17FN2O2/c1-14(20(24)23-22-13-15-6-9-18(21)10-7-15)25-19-11-8-16-4-2-3-5-17(16)12-19/h2-14H,1H3,(H,23,24). The minimum atomic E-state index is -0.702. The number of ether oxygens (including phenoxy) is 1. The highest BCUT2D eigenvalue weighted by Gasteiger charge is 2.14. The Morgan fingerprint density at radius 2 is 1.80 bits per heavy atom. The maximum absolute atomic E-state index is 12.8. The van der Waals surface area contributed by atoms with E-state index in [9.17, 15) is 9.18 Å². The zero-order valence-electron chi connectivity index (χ0n) is 13.6. The van der Waals surface area contributed by atoms with E-state index in [-0.39, 0.29) is 11.7 Å². The number of carbonyl (C=O) groups is 1. The van der Waals surface area contributed by atoms with Gasteiger partial charge in [-0.15, -0.1) is 0 Å². The molecule has 1 unspecified atom stereocenters. The van der Waals surface area contributed by atoms with E-state index < -0.39 is 6.10 Å². The van der Waals surface area contributed by atoms with Crippen molar-refractivity contribution in [3.63, 3.8) is 0 Å². The molecular formula is C20H17FN2O2. The van der Waals surface area contributed by atoms with Gasteiger partial charge in [-0.2, -0.15) is 5.10 Å². The molecule has 0 aliphatic heterocycles. The number of benzene rings is 3. The number of hydrogen-bond acceptors (Lipinski definition) is 3. The zero-order chi connectivity index (χ0) is 17.6. The molecule has 0 saturated heterocycles. The normalized spacial score (nSPS) is 12.2. The first-order valence-electron chi connectivity index (χ1n) is 7.86. The number of hydrogen-bond donors (Lipinski definition) is 1. The fraction of sp³-hybridized carbons (Fsp3) is 0.100. The Morgan fingerprint density at radius 1 is 1.08 bits per heavy atom. The molecule has 1 atom stereocenters. The minimum Gasteiger partial charge on any atom is -0.481 e. The third-order valence-electron chi connectivity index (χ3n) is 3.66. The largest absolute Gasteiger partial charge is 0.481 e. The summed E-state index contributed by atoms with van der Waals surface area (Å²) in [5.41, 5.74) is 3.10. The highest BCUT2D eigenvalue weighted by Crippen LogP contribution is 2.21. The van der Waals surface area contributed by atoms with Crippen LogP contribution in [0.5, 0.6) is 5.75 Å². The zero-order valence-corrected chi connectivity index (χ0v) is 13.6. The summed E-state index contributed by atoms with van der Waals surface area (Å²) in [6.45, 7) is 1.65. The molecule has 3 aromatic carbocycles. The molecule has 0 aromatic heterocycles. The number of carbonyl (C=O) groups excluding carboxylic acids is 1. The van der Waals surface area contributed by atoms with Crippen molar-refractivity contribution in [3.05, 3.63) is 78.1 Å². The molecule has 5 heteroatoms. The molecule has 0 heterocycles. The van der Waals surface area contributed by atoms with Crippen LogP contribution in [0.25, 0.3) is 10.8 Å². The van der Waals surface area contributed by atoms with Gasteiger partial charge in [-0.25, -0.2) is 9.82 Å². The summed E-state index contributed by atoms with van der Waals surface area (Å²) in [4.78, 5) is 12.0. The average molecular weight is 336 g/mol. The Balaban J connectivity index is 1.58. The van der Waals surface area contributed by atoms with E-state index in [1.54, 1.807) is 19.1 Å². The van der Waals surface area contributed by atoms with Crippen molar-refractivity contribution in [1.82, 2.24) is 5.43 Å². The molecule has 25 heavy (non-hydrogen) atoms. The lowest BCUT2D eigenvalue weighted by Gasteiger charge is -2.13. The predicted octanol–water partition coefficient (Wildman–Crippen LogP) is 3.90. The Kier molecular flexibility index (Phi) is 5.04. The molecule has 0 spiro atoms. The average Bonchev–Trinajstić information content (AvgIpc) is 2.63. The first-order chi connectivity index (χ1) is 12.1. The minimum absolute atomic E-state index is 0.321. The molecule has 1 amide bonds.